The van der Waals surface area contributed by atoms with Crippen LogP contribution < -0.4 is 14.2 Å². The van der Waals surface area contributed by atoms with Crippen LogP contribution in [-0.2, 0) is 46.5 Å². The van der Waals surface area contributed by atoms with E-state index in [-0.39, 0.29) is 24.2 Å². The summed E-state index contributed by atoms with van der Waals surface area (Å²) in [7, 11) is -2.19. The summed E-state index contributed by atoms with van der Waals surface area (Å²) in [5, 5.41) is 0.453. The lowest BCUT2D eigenvalue weighted by Gasteiger charge is -2.28. The lowest BCUT2D eigenvalue weighted by Crippen LogP contribution is -2.36. The molecule has 0 amide bonds. The van der Waals surface area contributed by atoms with Crippen molar-refractivity contribution < 1.29 is 27.4 Å². The maximum absolute atomic E-state index is 13.9. The molecule has 0 radical (unpaired) electrons. The molecular formula is C40H38ClN3O6S. The molecule has 9 nitrogen and oxygen atoms in total. The highest BCUT2D eigenvalue weighted by Gasteiger charge is 2.48. The van der Waals surface area contributed by atoms with Crippen molar-refractivity contribution in [1.29, 1.82) is 0 Å². The molecule has 1 aliphatic heterocycles. The van der Waals surface area contributed by atoms with Crippen molar-refractivity contribution in [2.75, 3.05) is 13.7 Å². The summed E-state index contributed by atoms with van der Waals surface area (Å²) in [6.07, 6.45) is 8.20. The molecule has 0 saturated heterocycles. The predicted octanol–water partition coefficient (Wildman–Crippen LogP) is 7.88. The van der Waals surface area contributed by atoms with E-state index >= 15 is 0 Å². The normalized spacial score (nSPS) is 16.7. The van der Waals surface area contributed by atoms with Gasteiger partial charge in [0.1, 0.15) is 18.1 Å². The van der Waals surface area contributed by atoms with Gasteiger partial charge in [-0.3, -0.25) is 4.98 Å². The summed E-state index contributed by atoms with van der Waals surface area (Å²) in [5.74, 6) is 2.15. The molecule has 0 N–H and O–H groups in total. The third kappa shape index (κ3) is 7.19. The highest BCUT2D eigenvalue weighted by Crippen LogP contribution is 2.53. The minimum Gasteiger partial charge on any atom is -0.497 e. The van der Waals surface area contributed by atoms with Gasteiger partial charge in [0.15, 0.2) is 0 Å². The van der Waals surface area contributed by atoms with E-state index < -0.39 is 15.6 Å². The fraction of sp³-hybridized carbons (Fsp3) is 0.300. The van der Waals surface area contributed by atoms with E-state index in [1.54, 1.807) is 37.6 Å². The topological polar surface area (TPSA) is 100 Å². The summed E-state index contributed by atoms with van der Waals surface area (Å²) >= 11 is 6.65. The van der Waals surface area contributed by atoms with Crippen LogP contribution in [0.3, 0.4) is 0 Å². The molecule has 0 bridgehead atoms. The van der Waals surface area contributed by atoms with Crippen molar-refractivity contribution in [1.82, 2.24) is 14.3 Å². The zero-order chi connectivity index (χ0) is 35.0. The van der Waals surface area contributed by atoms with Gasteiger partial charge in [0, 0.05) is 54.1 Å². The Balaban J connectivity index is 0.955. The Kier molecular flexibility index (Phi) is 9.18. The molecule has 262 valence electrons. The van der Waals surface area contributed by atoms with Gasteiger partial charge in [-0.25, -0.2) is 13.4 Å². The number of hydrogen-bond acceptors (Lipinski definition) is 8. The maximum atomic E-state index is 13.9. The molecule has 3 heterocycles. The molecule has 0 unspecified atom stereocenters. The number of pyridine rings is 2. The largest absolute Gasteiger partial charge is 0.497 e. The fourth-order valence-corrected chi connectivity index (χ4v) is 8.12. The van der Waals surface area contributed by atoms with Crippen molar-refractivity contribution >= 4 is 21.6 Å². The maximum Gasteiger partial charge on any atom is 0.243 e. The van der Waals surface area contributed by atoms with Gasteiger partial charge in [-0.1, -0.05) is 48.0 Å². The molecule has 2 fully saturated rings. The van der Waals surface area contributed by atoms with E-state index in [4.69, 9.17) is 30.5 Å². The van der Waals surface area contributed by atoms with Crippen LogP contribution in [0.25, 0.3) is 11.1 Å². The molecule has 0 atom stereocenters. The smallest absolute Gasteiger partial charge is 0.243 e. The first-order valence-electron chi connectivity index (χ1n) is 17.2. The van der Waals surface area contributed by atoms with Crippen LogP contribution in [0.2, 0.25) is 5.02 Å². The Labute approximate surface area is 303 Å². The Bertz CT molecular complexity index is 2170. The molecule has 8 rings (SSSR count). The van der Waals surface area contributed by atoms with Gasteiger partial charge in [0.05, 0.1) is 36.0 Å². The van der Waals surface area contributed by atoms with Crippen LogP contribution in [0.1, 0.15) is 53.6 Å². The SMILES string of the molecule is COc1ccc(COc2ccc3c(n2)CCN(S(=O)(=O)c2ccc(Cl)c(COC4(c5cnccc5-c5ccccc5OC5CC5)CC4)c2)C3)cc1. The molecule has 3 aliphatic rings. The number of hydrogen-bond donors (Lipinski definition) is 0. The van der Waals surface area contributed by atoms with Gasteiger partial charge >= 0.3 is 0 Å². The van der Waals surface area contributed by atoms with E-state index in [9.17, 15) is 8.42 Å². The van der Waals surface area contributed by atoms with Gasteiger partial charge in [0.25, 0.3) is 0 Å². The molecule has 51 heavy (non-hydrogen) atoms. The number of rotatable bonds is 13. The van der Waals surface area contributed by atoms with Gasteiger partial charge < -0.3 is 18.9 Å². The third-order valence-corrected chi connectivity index (χ3v) is 11.9. The second-order valence-electron chi connectivity index (χ2n) is 13.3. The predicted molar refractivity (Wildman–Crippen MR) is 193 cm³/mol. The number of benzene rings is 3. The van der Waals surface area contributed by atoms with Crippen LogP contribution >= 0.6 is 11.6 Å². The number of para-hydroxylation sites is 1. The van der Waals surface area contributed by atoms with E-state index in [0.717, 1.165) is 70.7 Å². The number of aromatic nitrogens is 2. The Morgan fingerprint density at radius 2 is 1.76 bits per heavy atom. The molecule has 5 aromatic rings. The number of nitrogens with zero attached hydrogens (tertiary/aromatic N) is 3. The van der Waals surface area contributed by atoms with Crippen molar-refractivity contribution in [3.05, 3.63) is 130 Å². The van der Waals surface area contributed by atoms with Crippen molar-refractivity contribution in [2.24, 2.45) is 0 Å². The molecular weight excluding hydrogens is 686 g/mol. The molecule has 11 heteroatoms. The third-order valence-electron chi connectivity index (χ3n) is 9.70. The summed E-state index contributed by atoms with van der Waals surface area (Å²) in [4.78, 5) is 9.32. The van der Waals surface area contributed by atoms with Gasteiger partial charge in [0.2, 0.25) is 15.9 Å². The second-order valence-corrected chi connectivity index (χ2v) is 15.6. The zero-order valence-electron chi connectivity index (χ0n) is 28.3. The molecule has 2 aliphatic carbocycles. The Morgan fingerprint density at radius 3 is 2.55 bits per heavy atom. The van der Waals surface area contributed by atoms with Crippen LogP contribution in [-0.4, -0.2) is 42.4 Å². The number of ether oxygens (including phenoxy) is 4. The zero-order valence-corrected chi connectivity index (χ0v) is 29.8. The van der Waals surface area contributed by atoms with Gasteiger partial charge in [-0.05, 0) is 90.4 Å². The van der Waals surface area contributed by atoms with Crippen LogP contribution in [0.15, 0.2) is 102 Å². The average Bonchev–Trinajstić information content (AvgIpc) is 4.11. The van der Waals surface area contributed by atoms with Crippen LogP contribution in [0.4, 0.5) is 0 Å². The van der Waals surface area contributed by atoms with Crippen molar-refractivity contribution in [3.8, 4) is 28.5 Å². The van der Waals surface area contributed by atoms with Crippen LogP contribution in [0.5, 0.6) is 17.4 Å². The molecule has 2 saturated carbocycles. The highest BCUT2D eigenvalue weighted by molar-refractivity contribution is 7.89. The van der Waals surface area contributed by atoms with E-state index in [1.807, 2.05) is 60.8 Å². The number of methoxy groups -OCH3 is 1. The Hall–Kier alpha value is -4.48. The summed E-state index contributed by atoms with van der Waals surface area (Å²) in [5.41, 5.74) is 5.78. The van der Waals surface area contributed by atoms with Crippen LogP contribution in [0, 0.1) is 0 Å². The Morgan fingerprint density at radius 1 is 0.941 bits per heavy atom. The van der Waals surface area contributed by atoms with E-state index in [0.29, 0.717) is 36.0 Å². The number of sulfonamides is 1. The highest BCUT2D eigenvalue weighted by atomic mass is 35.5. The summed E-state index contributed by atoms with van der Waals surface area (Å²) < 4.78 is 53.4. The quantitative estimate of drug-likeness (QED) is 0.121. The van der Waals surface area contributed by atoms with E-state index in [2.05, 4.69) is 16.0 Å². The minimum absolute atomic E-state index is 0.156. The minimum atomic E-state index is -3.82. The van der Waals surface area contributed by atoms with Gasteiger partial charge in [-0.15, -0.1) is 0 Å². The average molecular weight is 724 g/mol. The number of fused-ring (bicyclic) bond motifs is 1. The van der Waals surface area contributed by atoms with E-state index in [1.165, 1.54) is 4.31 Å². The first-order valence-corrected chi connectivity index (χ1v) is 19.0. The first kappa shape index (κ1) is 33.7. The second kappa shape index (κ2) is 13.9. The van der Waals surface area contributed by atoms with Crippen molar-refractivity contribution in [2.45, 2.75) is 68.5 Å². The van der Waals surface area contributed by atoms with Crippen molar-refractivity contribution in [3.63, 3.8) is 0 Å². The summed E-state index contributed by atoms with van der Waals surface area (Å²) in [6, 6.07) is 26.3. The molecule has 3 aromatic carbocycles. The number of halogens is 1. The lowest BCUT2D eigenvalue weighted by molar-refractivity contribution is 0.0173. The molecule has 2 aromatic heterocycles. The molecule has 0 spiro atoms. The first-order chi connectivity index (χ1) is 24.8. The fourth-order valence-electron chi connectivity index (χ4n) is 6.48. The standard InChI is InChI=1S/C40H38ClN3O6S/c1-47-30-9-6-27(7-10-30)25-48-39-15-8-28-24-44(21-17-37(28)43-39)51(45,46)32-13-14-36(41)29(22-32)26-49-40(18-19-40)35-23-42-20-16-33(35)34-4-2-3-5-38(34)50-31-11-12-31/h2-10,13-16,20,22-23,31H,11-12,17-19,21,24-26H2,1H3. The summed E-state index contributed by atoms with van der Waals surface area (Å²) in [6.45, 7) is 1.05. The monoisotopic (exact) mass is 723 g/mol. The van der Waals surface area contributed by atoms with Gasteiger partial charge in [-0.2, -0.15) is 4.31 Å². The lowest BCUT2D eigenvalue weighted by atomic mass is 9.96.